The number of hydrogen-bond acceptors (Lipinski definition) is 3. The highest BCUT2D eigenvalue weighted by Gasteiger charge is 2.37. The Kier molecular flexibility index (Phi) is 4.87. The average Bonchev–Trinajstić information content (AvgIpc) is 2.58. The molecule has 0 aromatic rings. The second-order valence-electron chi connectivity index (χ2n) is 6.66. The van der Waals surface area contributed by atoms with E-state index in [0.29, 0.717) is 0 Å². The first-order valence-electron chi connectivity index (χ1n) is 6.46. The van der Waals surface area contributed by atoms with Crippen LogP contribution in [0.2, 0.25) is 0 Å². The van der Waals surface area contributed by atoms with Gasteiger partial charge in [0.15, 0.2) is 0 Å². The first-order valence-corrected chi connectivity index (χ1v) is 6.46. The van der Waals surface area contributed by atoms with Gasteiger partial charge in [0.05, 0.1) is 6.61 Å². The summed E-state index contributed by atoms with van der Waals surface area (Å²) in [4.78, 5) is 2.42. The van der Waals surface area contributed by atoms with Crippen LogP contribution in [0.25, 0.3) is 0 Å². The number of nitrogens with one attached hydrogen (secondary N) is 1. The highest BCUT2D eigenvalue weighted by atomic mass is 35.5. The Morgan fingerprint density at radius 2 is 2.06 bits per heavy atom. The lowest BCUT2D eigenvalue weighted by Gasteiger charge is -2.43. The van der Waals surface area contributed by atoms with E-state index in [0.717, 1.165) is 25.5 Å². The second kappa shape index (κ2) is 5.43. The fraction of sp³-hybridized carbons (Fsp3) is 1.00. The standard InChI is InChI=1S/C13H26N2O.ClH/c1-12(2)9-14-13(3,16-10-12)7-11-5-6-15(4)8-11;/h11,14H,5-10H2,1-4H3;1H. The van der Waals surface area contributed by atoms with Crippen molar-refractivity contribution in [1.82, 2.24) is 10.2 Å². The minimum Gasteiger partial charge on any atom is -0.360 e. The Balaban J connectivity index is 0.00000144. The Bertz CT molecular complexity index is 248. The normalized spacial score (nSPS) is 37.8. The third kappa shape index (κ3) is 4.09. The molecule has 0 amide bonds. The molecule has 0 saturated carbocycles. The number of ether oxygens (including phenoxy) is 1. The van der Waals surface area contributed by atoms with E-state index in [-0.39, 0.29) is 23.5 Å². The Labute approximate surface area is 112 Å². The lowest BCUT2D eigenvalue weighted by Crippen LogP contribution is -2.56. The molecule has 2 aliphatic heterocycles. The van der Waals surface area contributed by atoms with E-state index in [4.69, 9.17) is 4.74 Å². The SMILES string of the molecule is CN1CCC(CC2(C)NCC(C)(C)CO2)C1.Cl. The van der Waals surface area contributed by atoms with E-state index in [1.807, 2.05) is 0 Å². The van der Waals surface area contributed by atoms with Crippen molar-refractivity contribution in [3.05, 3.63) is 0 Å². The van der Waals surface area contributed by atoms with Gasteiger partial charge in [-0.15, -0.1) is 12.4 Å². The number of nitrogens with zero attached hydrogens (tertiary/aromatic N) is 1. The van der Waals surface area contributed by atoms with Crippen LogP contribution in [-0.2, 0) is 4.74 Å². The summed E-state index contributed by atoms with van der Waals surface area (Å²) in [6, 6.07) is 0. The van der Waals surface area contributed by atoms with Crippen molar-refractivity contribution < 1.29 is 4.74 Å². The van der Waals surface area contributed by atoms with Crippen LogP contribution < -0.4 is 5.32 Å². The van der Waals surface area contributed by atoms with Gasteiger partial charge in [0.2, 0.25) is 0 Å². The Morgan fingerprint density at radius 3 is 2.53 bits per heavy atom. The summed E-state index contributed by atoms with van der Waals surface area (Å²) >= 11 is 0. The highest BCUT2D eigenvalue weighted by molar-refractivity contribution is 5.85. The van der Waals surface area contributed by atoms with Crippen molar-refractivity contribution in [3.8, 4) is 0 Å². The fourth-order valence-corrected chi connectivity index (χ4v) is 2.76. The van der Waals surface area contributed by atoms with Gasteiger partial charge in [-0.3, -0.25) is 5.32 Å². The van der Waals surface area contributed by atoms with Gasteiger partial charge in [-0.05, 0) is 39.3 Å². The van der Waals surface area contributed by atoms with Gasteiger partial charge in [-0.1, -0.05) is 13.8 Å². The maximum Gasteiger partial charge on any atom is 0.116 e. The van der Waals surface area contributed by atoms with Crippen LogP contribution in [0.4, 0.5) is 0 Å². The van der Waals surface area contributed by atoms with Crippen molar-refractivity contribution in [2.24, 2.45) is 11.3 Å². The number of rotatable bonds is 2. The predicted molar refractivity (Wildman–Crippen MR) is 73.6 cm³/mol. The molecule has 2 saturated heterocycles. The van der Waals surface area contributed by atoms with Crippen molar-refractivity contribution in [1.29, 1.82) is 0 Å². The van der Waals surface area contributed by atoms with Crippen molar-refractivity contribution in [3.63, 3.8) is 0 Å². The van der Waals surface area contributed by atoms with Crippen LogP contribution in [0.1, 0.15) is 33.6 Å². The van der Waals surface area contributed by atoms with Crippen LogP contribution >= 0.6 is 12.4 Å². The molecule has 2 fully saturated rings. The Morgan fingerprint density at radius 1 is 1.35 bits per heavy atom. The van der Waals surface area contributed by atoms with Crippen molar-refractivity contribution >= 4 is 12.4 Å². The van der Waals surface area contributed by atoms with E-state index < -0.39 is 0 Å². The van der Waals surface area contributed by atoms with E-state index in [1.54, 1.807) is 0 Å². The second-order valence-corrected chi connectivity index (χ2v) is 6.66. The van der Waals surface area contributed by atoms with Crippen LogP contribution in [0.15, 0.2) is 0 Å². The first-order chi connectivity index (χ1) is 7.39. The molecule has 0 aromatic heterocycles. The summed E-state index contributed by atoms with van der Waals surface area (Å²) < 4.78 is 6.05. The summed E-state index contributed by atoms with van der Waals surface area (Å²) in [5.74, 6) is 0.795. The molecule has 2 atom stereocenters. The summed E-state index contributed by atoms with van der Waals surface area (Å²) in [6.45, 7) is 11.1. The van der Waals surface area contributed by atoms with E-state index in [1.165, 1.54) is 19.5 Å². The average molecular weight is 263 g/mol. The third-order valence-corrected chi connectivity index (χ3v) is 3.89. The fourth-order valence-electron chi connectivity index (χ4n) is 2.76. The molecule has 0 aromatic carbocycles. The van der Waals surface area contributed by atoms with E-state index in [2.05, 4.69) is 38.0 Å². The molecule has 0 spiro atoms. The van der Waals surface area contributed by atoms with Gasteiger partial charge in [0.1, 0.15) is 5.72 Å². The monoisotopic (exact) mass is 262 g/mol. The maximum absolute atomic E-state index is 6.05. The first kappa shape index (κ1) is 15.2. The lowest BCUT2D eigenvalue weighted by molar-refractivity contribution is -0.136. The quantitative estimate of drug-likeness (QED) is 0.825. The molecular formula is C13H27ClN2O. The molecule has 0 radical (unpaired) electrons. The molecule has 2 aliphatic rings. The smallest absolute Gasteiger partial charge is 0.116 e. The van der Waals surface area contributed by atoms with E-state index in [9.17, 15) is 0 Å². The summed E-state index contributed by atoms with van der Waals surface area (Å²) in [7, 11) is 2.21. The topological polar surface area (TPSA) is 24.5 Å². The van der Waals surface area contributed by atoms with Gasteiger partial charge in [0, 0.05) is 18.5 Å². The molecule has 4 heteroatoms. The van der Waals surface area contributed by atoms with Crippen LogP contribution in [0.3, 0.4) is 0 Å². The number of hydrogen-bond donors (Lipinski definition) is 1. The summed E-state index contributed by atoms with van der Waals surface area (Å²) in [6.07, 6.45) is 2.47. The molecule has 2 unspecified atom stereocenters. The molecular weight excluding hydrogens is 236 g/mol. The zero-order valence-corrected chi connectivity index (χ0v) is 12.4. The molecule has 2 heterocycles. The predicted octanol–water partition coefficient (Wildman–Crippen LogP) is 2.11. The number of halogens is 1. The number of likely N-dealkylation sites (tertiary alicyclic amines) is 1. The van der Waals surface area contributed by atoms with Gasteiger partial charge < -0.3 is 9.64 Å². The third-order valence-electron chi connectivity index (χ3n) is 3.89. The zero-order valence-electron chi connectivity index (χ0n) is 11.6. The van der Waals surface area contributed by atoms with Gasteiger partial charge in [0.25, 0.3) is 0 Å². The molecule has 102 valence electrons. The molecule has 0 bridgehead atoms. The summed E-state index contributed by atoms with van der Waals surface area (Å²) in [5.41, 5.74) is 0.192. The highest BCUT2D eigenvalue weighted by Crippen LogP contribution is 2.31. The lowest BCUT2D eigenvalue weighted by atomic mass is 9.89. The minimum atomic E-state index is -0.0919. The minimum absolute atomic E-state index is 0. The van der Waals surface area contributed by atoms with Crippen molar-refractivity contribution in [2.45, 2.75) is 39.3 Å². The van der Waals surface area contributed by atoms with Gasteiger partial charge in [-0.25, -0.2) is 0 Å². The van der Waals surface area contributed by atoms with Crippen LogP contribution in [0.5, 0.6) is 0 Å². The Hall–Kier alpha value is 0.170. The summed E-state index contributed by atoms with van der Waals surface area (Å²) in [5, 5.41) is 3.59. The molecule has 3 nitrogen and oxygen atoms in total. The van der Waals surface area contributed by atoms with Crippen LogP contribution in [-0.4, -0.2) is 43.9 Å². The van der Waals surface area contributed by atoms with Gasteiger partial charge >= 0.3 is 0 Å². The molecule has 1 N–H and O–H groups in total. The maximum atomic E-state index is 6.05. The molecule has 17 heavy (non-hydrogen) atoms. The van der Waals surface area contributed by atoms with Gasteiger partial charge in [-0.2, -0.15) is 0 Å². The van der Waals surface area contributed by atoms with Crippen LogP contribution in [0, 0.1) is 11.3 Å². The molecule has 0 aliphatic carbocycles. The van der Waals surface area contributed by atoms with E-state index >= 15 is 0 Å². The zero-order chi connectivity index (χ0) is 11.8. The van der Waals surface area contributed by atoms with Crippen molar-refractivity contribution in [2.75, 3.05) is 33.3 Å². The largest absolute Gasteiger partial charge is 0.360 e. The molecule has 2 rings (SSSR count).